The number of rotatable bonds is 7. The standard InChI is InChI=1S/C24H26N2O4S/c1-16-8-7-9-20(14-16)26-31(28,29)23-15-19(13-12-17(23)2)24(27)25-18(3)21-10-5-6-11-22(21)30-4/h5-15,18,26H,1-4H3,(H,25,27)/t18-/m1/s1. The maximum Gasteiger partial charge on any atom is 0.262 e. The molecule has 0 radical (unpaired) electrons. The van der Waals surface area contributed by atoms with E-state index in [1.807, 2.05) is 44.2 Å². The smallest absolute Gasteiger partial charge is 0.262 e. The summed E-state index contributed by atoms with van der Waals surface area (Å²) >= 11 is 0. The van der Waals surface area contributed by atoms with Crippen molar-refractivity contribution in [2.45, 2.75) is 31.7 Å². The summed E-state index contributed by atoms with van der Waals surface area (Å²) in [5.74, 6) is 0.301. The third kappa shape index (κ3) is 5.24. The van der Waals surface area contributed by atoms with Crippen molar-refractivity contribution >= 4 is 21.6 Å². The summed E-state index contributed by atoms with van der Waals surface area (Å²) in [6.45, 7) is 5.43. The zero-order valence-corrected chi connectivity index (χ0v) is 18.8. The molecule has 1 amide bonds. The normalized spacial score (nSPS) is 12.1. The minimum absolute atomic E-state index is 0.0617. The molecule has 31 heavy (non-hydrogen) atoms. The molecule has 6 nitrogen and oxygen atoms in total. The summed E-state index contributed by atoms with van der Waals surface area (Å²) in [5.41, 5.74) is 3.06. The molecule has 0 aliphatic carbocycles. The fourth-order valence-corrected chi connectivity index (χ4v) is 4.65. The number of carbonyl (C=O) groups excluding carboxylic acids is 1. The Morgan fingerprint density at radius 3 is 2.42 bits per heavy atom. The summed E-state index contributed by atoms with van der Waals surface area (Å²) < 4.78 is 33.9. The highest BCUT2D eigenvalue weighted by Crippen LogP contribution is 2.25. The Labute approximate surface area is 183 Å². The second kappa shape index (κ2) is 9.22. The quantitative estimate of drug-likeness (QED) is 0.564. The highest BCUT2D eigenvalue weighted by molar-refractivity contribution is 7.92. The van der Waals surface area contributed by atoms with E-state index < -0.39 is 10.0 Å². The first-order valence-electron chi connectivity index (χ1n) is 9.85. The number of methoxy groups -OCH3 is 1. The lowest BCUT2D eigenvalue weighted by Crippen LogP contribution is -2.27. The van der Waals surface area contributed by atoms with E-state index in [2.05, 4.69) is 10.0 Å². The fourth-order valence-electron chi connectivity index (χ4n) is 3.33. The van der Waals surface area contributed by atoms with E-state index in [9.17, 15) is 13.2 Å². The maximum absolute atomic E-state index is 13.0. The minimum Gasteiger partial charge on any atom is -0.496 e. The minimum atomic E-state index is -3.86. The lowest BCUT2D eigenvalue weighted by molar-refractivity contribution is 0.0939. The molecular formula is C24H26N2O4S. The van der Waals surface area contributed by atoms with Crippen molar-refractivity contribution < 1.29 is 17.9 Å². The van der Waals surface area contributed by atoms with Crippen LogP contribution in [0.25, 0.3) is 0 Å². The topological polar surface area (TPSA) is 84.5 Å². The van der Waals surface area contributed by atoms with Crippen molar-refractivity contribution in [1.82, 2.24) is 5.32 Å². The summed E-state index contributed by atoms with van der Waals surface area (Å²) in [4.78, 5) is 12.9. The van der Waals surface area contributed by atoms with Gasteiger partial charge in [0.25, 0.3) is 15.9 Å². The van der Waals surface area contributed by atoms with Gasteiger partial charge in [0.1, 0.15) is 5.75 Å². The maximum atomic E-state index is 13.0. The summed E-state index contributed by atoms with van der Waals surface area (Å²) in [7, 11) is -2.28. The first-order chi connectivity index (χ1) is 14.7. The van der Waals surface area contributed by atoms with E-state index in [1.54, 1.807) is 44.4 Å². The Morgan fingerprint density at radius 1 is 0.968 bits per heavy atom. The molecule has 0 saturated carbocycles. The van der Waals surface area contributed by atoms with Gasteiger partial charge in [-0.25, -0.2) is 8.42 Å². The van der Waals surface area contributed by atoms with E-state index >= 15 is 0 Å². The van der Waals surface area contributed by atoms with Crippen LogP contribution >= 0.6 is 0 Å². The van der Waals surface area contributed by atoms with E-state index in [0.29, 0.717) is 17.0 Å². The van der Waals surface area contributed by atoms with Gasteiger partial charge in [-0.2, -0.15) is 0 Å². The van der Waals surface area contributed by atoms with E-state index in [4.69, 9.17) is 4.74 Å². The molecule has 0 unspecified atom stereocenters. The van der Waals surface area contributed by atoms with Gasteiger partial charge in [-0.1, -0.05) is 36.4 Å². The molecule has 0 saturated heterocycles. The Bertz CT molecular complexity index is 1210. The van der Waals surface area contributed by atoms with Gasteiger partial charge in [0, 0.05) is 16.8 Å². The molecule has 3 aromatic carbocycles. The third-order valence-electron chi connectivity index (χ3n) is 4.96. The lowest BCUT2D eigenvalue weighted by atomic mass is 10.1. The number of ether oxygens (including phenoxy) is 1. The van der Waals surface area contributed by atoms with Crippen LogP contribution in [-0.4, -0.2) is 21.4 Å². The summed E-state index contributed by atoms with van der Waals surface area (Å²) in [6, 6.07) is 18.9. The molecule has 2 N–H and O–H groups in total. The molecule has 0 heterocycles. The van der Waals surface area contributed by atoms with Gasteiger partial charge in [-0.3, -0.25) is 9.52 Å². The van der Waals surface area contributed by atoms with Gasteiger partial charge in [0.05, 0.1) is 18.0 Å². The van der Waals surface area contributed by atoms with Gasteiger partial charge in [0.15, 0.2) is 0 Å². The van der Waals surface area contributed by atoms with Crippen molar-refractivity contribution in [3.63, 3.8) is 0 Å². The molecule has 0 aliphatic rings. The van der Waals surface area contributed by atoms with Crippen LogP contribution in [0, 0.1) is 13.8 Å². The number of aryl methyl sites for hydroxylation is 2. The summed E-state index contributed by atoms with van der Waals surface area (Å²) in [6.07, 6.45) is 0. The predicted octanol–water partition coefficient (Wildman–Crippen LogP) is 4.60. The van der Waals surface area contributed by atoms with Crippen molar-refractivity contribution in [3.05, 3.63) is 89.0 Å². The Balaban J connectivity index is 1.85. The Morgan fingerprint density at radius 2 is 1.71 bits per heavy atom. The first-order valence-corrected chi connectivity index (χ1v) is 11.3. The highest BCUT2D eigenvalue weighted by atomic mass is 32.2. The van der Waals surface area contributed by atoms with Crippen LogP contribution in [0.4, 0.5) is 5.69 Å². The molecule has 1 atom stereocenters. The van der Waals surface area contributed by atoms with Gasteiger partial charge in [0.2, 0.25) is 0 Å². The number of carbonyl (C=O) groups is 1. The number of para-hydroxylation sites is 1. The highest BCUT2D eigenvalue weighted by Gasteiger charge is 2.21. The average Bonchev–Trinajstić information content (AvgIpc) is 2.73. The molecule has 162 valence electrons. The first kappa shape index (κ1) is 22.4. The van der Waals surface area contributed by atoms with Gasteiger partial charge in [-0.05, 0) is 62.2 Å². The SMILES string of the molecule is COc1ccccc1[C@@H](C)NC(=O)c1ccc(C)c(S(=O)(=O)Nc2cccc(C)c2)c1. The van der Waals surface area contributed by atoms with Crippen molar-refractivity contribution in [2.75, 3.05) is 11.8 Å². The monoisotopic (exact) mass is 438 g/mol. The van der Waals surface area contributed by atoms with E-state index in [0.717, 1.165) is 11.1 Å². The Hall–Kier alpha value is -3.32. The molecular weight excluding hydrogens is 412 g/mol. The molecule has 0 fully saturated rings. The van der Waals surface area contributed by atoms with E-state index in [-0.39, 0.29) is 22.4 Å². The van der Waals surface area contributed by atoms with Crippen LogP contribution in [0.2, 0.25) is 0 Å². The predicted molar refractivity (Wildman–Crippen MR) is 122 cm³/mol. The largest absolute Gasteiger partial charge is 0.496 e. The number of anilines is 1. The van der Waals surface area contributed by atoms with Gasteiger partial charge in [-0.15, -0.1) is 0 Å². The molecule has 0 aliphatic heterocycles. The molecule has 3 aromatic rings. The zero-order valence-electron chi connectivity index (χ0n) is 18.0. The second-order valence-corrected chi connectivity index (χ2v) is 9.04. The molecule has 0 spiro atoms. The molecule has 0 aromatic heterocycles. The van der Waals surface area contributed by atoms with Gasteiger partial charge < -0.3 is 10.1 Å². The van der Waals surface area contributed by atoms with Crippen molar-refractivity contribution in [3.8, 4) is 5.75 Å². The number of hydrogen-bond acceptors (Lipinski definition) is 4. The lowest BCUT2D eigenvalue weighted by Gasteiger charge is -2.18. The van der Waals surface area contributed by atoms with Gasteiger partial charge >= 0.3 is 0 Å². The number of hydrogen-bond donors (Lipinski definition) is 2. The van der Waals surface area contributed by atoms with Crippen molar-refractivity contribution in [1.29, 1.82) is 0 Å². The number of nitrogens with one attached hydrogen (secondary N) is 2. The third-order valence-corrected chi connectivity index (χ3v) is 6.49. The zero-order chi connectivity index (χ0) is 22.6. The van der Waals surface area contributed by atoms with Crippen LogP contribution in [0.15, 0.2) is 71.6 Å². The van der Waals surface area contributed by atoms with Crippen LogP contribution in [0.5, 0.6) is 5.75 Å². The Kier molecular flexibility index (Phi) is 6.65. The van der Waals surface area contributed by atoms with Crippen LogP contribution in [0.1, 0.15) is 40.0 Å². The summed E-state index contributed by atoms with van der Waals surface area (Å²) in [5, 5.41) is 2.91. The average molecular weight is 439 g/mol. The number of sulfonamides is 1. The van der Waals surface area contributed by atoms with Crippen LogP contribution in [0.3, 0.4) is 0 Å². The van der Waals surface area contributed by atoms with Crippen LogP contribution < -0.4 is 14.8 Å². The number of amides is 1. The molecule has 3 rings (SSSR count). The second-order valence-electron chi connectivity index (χ2n) is 7.39. The van der Waals surface area contributed by atoms with Crippen LogP contribution in [-0.2, 0) is 10.0 Å². The molecule has 7 heteroatoms. The molecule has 0 bridgehead atoms. The fraction of sp³-hybridized carbons (Fsp3) is 0.208. The van der Waals surface area contributed by atoms with Crippen molar-refractivity contribution in [2.24, 2.45) is 0 Å². The van der Waals surface area contributed by atoms with E-state index in [1.165, 1.54) is 6.07 Å². The number of benzene rings is 3.